The number of ether oxygens (including phenoxy) is 1. The molecule has 3 heterocycles. The quantitative estimate of drug-likeness (QED) is 0.356. The van der Waals surface area contributed by atoms with Gasteiger partial charge in [-0.1, -0.05) is 25.1 Å². The minimum absolute atomic E-state index is 0.0757. The third-order valence-corrected chi connectivity index (χ3v) is 5.60. The summed E-state index contributed by atoms with van der Waals surface area (Å²) in [7, 11) is 1.84. The first-order valence-corrected chi connectivity index (χ1v) is 10.9. The summed E-state index contributed by atoms with van der Waals surface area (Å²) in [5.74, 6) is 0.883. The van der Waals surface area contributed by atoms with Crippen LogP contribution in [0.1, 0.15) is 31.0 Å². The van der Waals surface area contributed by atoms with Crippen LogP contribution in [0.5, 0.6) is 5.88 Å². The van der Waals surface area contributed by atoms with Crippen molar-refractivity contribution in [3.8, 4) is 23.0 Å². The molecule has 0 fully saturated rings. The highest BCUT2D eigenvalue weighted by Crippen LogP contribution is 2.26. The summed E-state index contributed by atoms with van der Waals surface area (Å²) >= 11 is 2.05. The third-order valence-electron chi connectivity index (χ3n) is 4.83. The van der Waals surface area contributed by atoms with Crippen LogP contribution in [0.2, 0.25) is 0 Å². The largest absolute Gasteiger partial charge is 0.478 e. The van der Waals surface area contributed by atoms with Gasteiger partial charge in [0.1, 0.15) is 11.4 Å². The van der Waals surface area contributed by atoms with Gasteiger partial charge in [0, 0.05) is 37.0 Å². The second-order valence-electron chi connectivity index (χ2n) is 7.01. The molecule has 0 amide bonds. The van der Waals surface area contributed by atoms with E-state index in [0.717, 1.165) is 16.8 Å². The zero-order valence-electron chi connectivity index (χ0n) is 17.4. The molecule has 0 aliphatic heterocycles. The highest BCUT2D eigenvalue weighted by Gasteiger charge is 2.19. The normalized spacial score (nSPS) is 12.0. The molecule has 0 N–H and O–H groups in total. The van der Waals surface area contributed by atoms with Crippen molar-refractivity contribution in [2.24, 2.45) is 7.05 Å². The Labute approximate surface area is 193 Å². The minimum atomic E-state index is -0.222. The van der Waals surface area contributed by atoms with Crippen LogP contribution in [-0.2, 0) is 7.05 Å². The van der Waals surface area contributed by atoms with Crippen molar-refractivity contribution in [2.75, 3.05) is 6.61 Å². The van der Waals surface area contributed by atoms with E-state index < -0.39 is 0 Å². The molecule has 0 saturated carbocycles. The number of aryl methyl sites for hydroxylation is 1. The molecule has 1 unspecified atom stereocenters. The molecule has 1 atom stereocenters. The van der Waals surface area contributed by atoms with Gasteiger partial charge in [-0.05, 0) is 41.1 Å². The number of benzene rings is 1. The van der Waals surface area contributed by atoms with Crippen LogP contribution in [0.3, 0.4) is 0 Å². The fraction of sp³-hybridized carbons (Fsp3) is 0.227. The molecule has 4 aromatic rings. The van der Waals surface area contributed by atoms with E-state index in [0.29, 0.717) is 27.6 Å². The maximum atomic E-state index is 12.9. The molecule has 1 aromatic carbocycles. The summed E-state index contributed by atoms with van der Waals surface area (Å²) < 4.78 is 9.48. The van der Waals surface area contributed by atoms with Gasteiger partial charge in [-0.15, -0.1) is 0 Å². The Bertz CT molecular complexity index is 1280. The van der Waals surface area contributed by atoms with Crippen LogP contribution in [0.15, 0.2) is 59.9 Å². The summed E-state index contributed by atoms with van der Waals surface area (Å²) in [4.78, 5) is 21.7. The Balaban J connectivity index is 1.73. The van der Waals surface area contributed by atoms with Crippen molar-refractivity contribution >= 4 is 22.6 Å². The highest BCUT2D eigenvalue weighted by molar-refractivity contribution is 14.1. The van der Waals surface area contributed by atoms with Crippen molar-refractivity contribution in [3.05, 3.63) is 80.2 Å². The summed E-state index contributed by atoms with van der Waals surface area (Å²) in [6, 6.07) is 9.58. The molecule has 0 aliphatic carbocycles. The van der Waals surface area contributed by atoms with Gasteiger partial charge in [0.15, 0.2) is 5.82 Å². The number of hydrogen-bond acceptors (Lipinski definition) is 6. The molecular weight excluding hydrogens is 507 g/mol. The van der Waals surface area contributed by atoms with E-state index in [9.17, 15) is 4.79 Å². The average Bonchev–Trinajstić information content (AvgIpc) is 3.22. The van der Waals surface area contributed by atoms with Crippen LogP contribution in [0, 0.1) is 3.57 Å². The zero-order chi connectivity index (χ0) is 22.0. The molecule has 0 aliphatic rings. The van der Waals surface area contributed by atoms with Gasteiger partial charge in [-0.25, -0.2) is 9.67 Å². The van der Waals surface area contributed by atoms with Gasteiger partial charge >= 0.3 is 0 Å². The van der Waals surface area contributed by atoms with Gasteiger partial charge in [0.2, 0.25) is 11.3 Å². The van der Waals surface area contributed by atoms with Crippen LogP contribution >= 0.6 is 22.6 Å². The summed E-state index contributed by atoms with van der Waals surface area (Å²) in [5.41, 5.74) is 2.99. The standard InChI is InChI=1S/C22H21IN6O2/c1-4-31-19-8-9-24-22(26-19)16-7-5-6-15(10-16)14(2)20-21(30)18(23)13-29(27-20)17-11-25-28(3)12-17/h5-14H,4H2,1-3H3. The van der Waals surface area contributed by atoms with Crippen LogP contribution in [-0.4, -0.2) is 36.1 Å². The molecule has 0 radical (unpaired) electrons. The fourth-order valence-corrected chi connectivity index (χ4v) is 3.78. The summed E-state index contributed by atoms with van der Waals surface area (Å²) in [5, 5.41) is 8.82. The molecule has 9 heteroatoms. The average molecular weight is 528 g/mol. The van der Waals surface area contributed by atoms with Crippen LogP contribution in [0.25, 0.3) is 17.1 Å². The first kappa shape index (κ1) is 21.2. The van der Waals surface area contributed by atoms with Crippen molar-refractivity contribution < 1.29 is 4.74 Å². The topological polar surface area (TPSA) is 87.7 Å². The molecule has 0 bridgehead atoms. The molecule has 31 heavy (non-hydrogen) atoms. The lowest BCUT2D eigenvalue weighted by Gasteiger charge is -2.14. The Morgan fingerprint density at radius 3 is 2.81 bits per heavy atom. The molecule has 0 saturated heterocycles. The smallest absolute Gasteiger partial charge is 0.217 e. The second kappa shape index (κ2) is 8.96. The fourth-order valence-electron chi connectivity index (χ4n) is 3.24. The maximum Gasteiger partial charge on any atom is 0.217 e. The Hall–Kier alpha value is -3.08. The monoisotopic (exact) mass is 528 g/mol. The van der Waals surface area contributed by atoms with Gasteiger partial charge in [-0.3, -0.25) is 9.48 Å². The minimum Gasteiger partial charge on any atom is -0.478 e. The second-order valence-corrected chi connectivity index (χ2v) is 8.17. The number of nitrogens with zero attached hydrogens (tertiary/aromatic N) is 6. The van der Waals surface area contributed by atoms with E-state index in [2.05, 4.69) is 42.8 Å². The first-order chi connectivity index (χ1) is 15.0. The maximum absolute atomic E-state index is 12.9. The van der Waals surface area contributed by atoms with E-state index >= 15 is 0 Å². The number of aromatic nitrogens is 6. The lowest BCUT2D eigenvalue weighted by Crippen LogP contribution is -2.22. The molecule has 0 spiro atoms. The molecular formula is C22H21IN6O2. The van der Waals surface area contributed by atoms with E-state index in [1.807, 2.05) is 51.4 Å². The van der Waals surface area contributed by atoms with Gasteiger partial charge in [0.25, 0.3) is 0 Å². The lowest BCUT2D eigenvalue weighted by molar-refractivity contribution is 0.326. The van der Waals surface area contributed by atoms with E-state index in [-0.39, 0.29) is 11.3 Å². The van der Waals surface area contributed by atoms with Crippen LogP contribution < -0.4 is 10.2 Å². The van der Waals surface area contributed by atoms with Crippen molar-refractivity contribution in [3.63, 3.8) is 0 Å². The van der Waals surface area contributed by atoms with E-state index in [1.54, 1.807) is 34.0 Å². The zero-order valence-corrected chi connectivity index (χ0v) is 19.5. The van der Waals surface area contributed by atoms with Crippen LogP contribution in [0.4, 0.5) is 0 Å². The Morgan fingerprint density at radius 1 is 1.23 bits per heavy atom. The summed E-state index contributed by atoms with van der Waals surface area (Å²) in [6.07, 6.45) is 6.97. The Morgan fingerprint density at radius 2 is 2.06 bits per heavy atom. The third kappa shape index (κ3) is 4.50. The number of rotatable bonds is 6. The predicted octanol–water partition coefficient (Wildman–Crippen LogP) is 3.58. The number of hydrogen-bond donors (Lipinski definition) is 0. The molecule has 158 valence electrons. The highest BCUT2D eigenvalue weighted by atomic mass is 127. The van der Waals surface area contributed by atoms with E-state index in [4.69, 9.17) is 4.74 Å². The number of halogens is 1. The lowest BCUT2D eigenvalue weighted by atomic mass is 9.95. The Kier molecular flexibility index (Phi) is 6.12. The van der Waals surface area contributed by atoms with Crippen molar-refractivity contribution in [1.29, 1.82) is 0 Å². The van der Waals surface area contributed by atoms with Gasteiger partial charge < -0.3 is 4.74 Å². The SMILES string of the molecule is CCOc1ccnc(-c2cccc(C(C)c3nn(-c4cnn(C)c4)cc(I)c3=O)c2)n1. The van der Waals surface area contributed by atoms with E-state index in [1.165, 1.54) is 0 Å². The van der Waals surface area contributed by atoms with Gasteiger partial charge in [0.05, 0.1) is 22.6 Å². The predicted molar refractivity (Wildman–Crippen MR) is 125 cm³/mol. The van der Waals surface area contributed by atoms with Crippen molar-refractivity contribution in [1.82, 2.24) is 29.5 Å². The van der Waals surface area contributed by atoms with Crippen molar-refractivity contribution in [2.45, 2.75) is 19.8 Å². The molecule has 3 aromatic heterocycles. The van der Waals surface area contributed by atoms with Gasteiger partial charge in [-0.2, -0.15) is 15.2 Å². The molecule has 4 rings (SSSR count). The molecule has 8 nitrogen and oxygen atoms in total. The summed E-state index contributed by atoms with van der Waals surface area (Å²) in [6.45, 7) is 4.43. The first-order valence-electron chi connectivity index (χ1n) is 9.81.